The molecule has 1 aliphatic carbocycles. The van der Waals surface area contributed by atoms with Crippen LogP contribution in [0.3, 0.4) is 0 Å². The van der Waals surface area contributed by atoms with E-state index in [1.54, 1.807) is 0 Å². The molecule has 27 heavy (non-hydrogen) atoms. The van der Waals surface area contributed by atoms with Crippen molar-refractivity contribution in [3.8, 4) is 0 Å². The van der Waals surface area contributed by atoms with Gasteiger partial charge in [0.1, 0.15) is 5.82 Å². The lowest BCUT2D eigenvalue weighted by molar-refractivity contribution is -0.153. The largest absolute Gasteiger partial charge is 0.481 e. The number of aryl methyl sites for hydroxylation is 2. The molecule has 2 N–H and O–H groups in total. The molecular formula is C21H27N3O3. The molecule has 1 aromatic heterocycles. The Morgan fingerprint density at radius 3 is 2.67 bits per heavy atom. The second-order valence-electron chi connectivity index (χ2n) is 8.06. The van der Waals surface area contributed by atoms with Gasteiger partial charge in [-0.15, -0.1) is 0 Å². The van der Waals surface area contributed by atoms with Gasteiger partial charge in [0.05, 0.1) is 16.4 Å². The predicted molar refractivity (Wildman–Crippen MR) is 104 cm³/mol. The number of anilines is 1. The second-order valence-corrected chi connectivity index (χ2v) is 8.06. The summed E-state index contributed by atoms with van der Waals surface area (Å²) in [7, 11) is 0. The Bertz CT molecular complexity index is 865. The van der Waals surface area contributed by atoms with Gasteiger partial charge in [-0.2, -0.15) is 0 Å². The Hall–Kier alpha value is -2.37. The van der Waals surface area contributed by atoms with Gasteiger partial charge < -0.3 is 15.0 Å². The van der Waals surface area contributed by atoms with Crippen LogP contribution in [-0.2, 0) is 22.6 Å². The van der Waals surface area contributed by atoms with Gasteiger partial charge in [0.2, 0.25) is 5.91 Å². The zero-order valence-electron chi connectivity index (χ0n) is 15.7. The highest BCUT2D eigenvalue weighted by atomic mass is 16.4. The third kappa shape index (κ3) is 3.57. The van der Waals surface area contributed by atoms with Gasteiger partial charge >= 0.3 is 5.97 Å². The number of aliphatic carboxylic acids is 1. The highest BCUT2D eigenvalue weighted by Gasteiger charge is 2.41. The Morgan fingerprint density at radius 2 is 1.89 bits per heavy atom. The number of carbonyl (C=O) groups is 2. The summed E-state index contributed by atoms with van der Waals surface area (Å²) in [6.45, 7) is 0.999. The predicted octanol–water partition coefficient (Wildman–Crippen LogP) is 4.13. The van der Waals surface area contributed by atoms with Gasteiger partial charge in [-0.05, 0) is 43.9 Å². The molecule has 4 rings (SSSR count). The second kappa shape index (κ2) is 7.33. The molecule has 0 spiro atoms. The van der Waals surface area contributed by atoms with E-state index in [-0.39, 0.29) is 12.3 Å². The van der Waals surface area contributed by atoms with Crippen LogP contribution in [-0.4, -0.2) is 26.5 Å². The molecule has 1 aromatic carbocycles. The van der Waals surface area contributed by atoms with Crippen LogP contribution < -0.4 is 5.32 Å². The van der Waals surface area contributed by atoms with Gasteiger partial charge in [0, 0.05) is 25.1 Å². The molecule has 0 saturated heterocycles. The Morgan fingerprint density at radius 1 is 1.11 bits per heavy atom. The normalized spacial score (nSPS) is 19.3. The third-order valence-corrected chi connectivity index (χ3v) is 6.16. The molecule has 1 aliphatic heterocycles. The van der Waals surface area contributed by atoms with Crippen molar-refractivity contribution in [3.05, 3.63) is 24.0 Å². The first kappa shape index (κ1) is 18.0. The summed E-state index contributed by atoms with van der Waals surface area (Å²) in [6.07, 6.45) is 8.61. The van der Waals surface area contributed by atoms with Gasteiger partial charge in [-0.25, -0.2) is 4.98 Å². The maximum atomic E-state index is 12.6. The SMILES string of the molecule is O=C(CC1(C(=O)O)CCCCC1)Nc1ccc2c(c1)nc1n2CCCCC1. The van der Waals surface area contributed by atoms with Crippen molar-refractivity contribution < 1.29 is 14.7 Å². The molecule has 0 unspecified atom stereocenters. The van der Waals surface area contributed by atoms with Crippen molar-refractivity contribution in [2.24, 2.45) is 5.41 Å². The van der Waals surface area contributed by atoms with Crippen molar-refractivity contribution in [2.45, 2.75) is 70.8 Å². The fraction of sp³-hybridized carbons (Fsp3) is 0.571. The molecule has 144 valence electrons. The number of nitrogens with one attached hydrogen (secondary N) is 1. The Labute approximate surface area is 159 Å². The number of imidazole rings is 1. The summed E-state index contributed by atoms with van der Waals surface area (Å²) in [5.41, 5.74) is 1.80. The number of hydrogen-bond donors (Lipinski definition) is 2. The summed E-state index contributed by atoms with van der Waals surface area (Å²) in [5.74, 6) is 0.0584. The fourth-order valence-electron chi connectivity index (χ4n) is 4.63. The summed E-state index contributed by atoms with van der Waals surface area (Å²) in [4.78, 5) is 29.1. The minimum Gasteiger partial charge on any atom is -0.481 e. The highest BCUT2D eigenvalue weighted by molar-refractivity contribution is 5.96. The van der Waals surface area contributed by atoms with E-state index in [0.29, 0.717) is 18.5 Å². The van der Waals surface area contributed by atoms with Gasteiger partial charge in [0.15, 0.2) is 0 Å². The van der Waals surface area contributed by atoms with E-state index >= 15 is 0 Å². The van der Waals surface area contributed by atoms with Crippen LogP contribution in [0.15, 0.2) is 18.2 Å². The quantitative estimate of drug-likeness (QED) is 0.849. The number of amides is 1. The average Bonchev–Trinajstić information content (AvgIpc) is 2.82. The summed E-state index contributed by atoms with van der Waals surface area (Å²) < 4.78 is 2.29. The number of fused-ring (bicyclic) bond motifs is 3. The molecular weight excluding hydrogens is 342 g/mol. The first-order chi connectivity index (χ1) is 13.1. The summed E-state index contributed by atoms with van der Waals surface area (Å²) in [5, 5.41) is 12.6. The minimum atomic E-state index is -0.905. The highest BCUT2D eigenvalue weighted by Crippen LogP contribution is 2.40. The topological polar surface area (TPSA) is 84.2 Å². The Balaban J connectivity index is 1.51. The van der Waals surface area contributed by atoms with Crippen LogP contribution in [0.25, 0.3) is 11.0 Å². The van der Waals surface area contributed by atoms with Crippen LogP contribution in [0, 0.1) is 5.41 Å². The standard InChI is InChI=1S/C21H27N3O3/c25-19(14-21(20(26)27)10-4-2-5-11-21)22-15-8-9-17-16(13-15)23-18-7-3-1-6-12-24(17)18/h8-9,13H,1-7,10-12,14H2,(H,22,25)(H,26,27). The maximum Gasteiger partial charge on any atom is 0.310 e. The van der Waals surface area contributed by atoms with Crippen LogP contribution in [0.1, 0.15) is 63.6 Å². The summed E-state index contributed by atoms with van der Waals surface area (Å²) in [6, 6.07) is 5.82. The number of carboxylic acids is 1. The van der Waals surface area contributed by atoms with Crippen LogP contribution in [0.4, 0.5) is 5.69 Å². The number of carbonyl (C=O) groups excluding carboxylic acids is 1. The molecule has 2 aromatic rings. The van der Waals surface area contributed by atoms with E-state index in [1.807, 2.05) is 18.2 Å². The first-order valence-corrected chi connectivity index (χ1v) is 10.1. The number of rotatable bonds is 4. The van der Waals surface area contributed by atoms with E-state index in [4.69, 9.17) is 4.98 Å². The van der Waals surface area contributed by atoms with E-state index in [1.165, 1.54) is 19.3 Å². The Kier molecular flexibility index (Phi) is 4.89. The molecule has 6 heteroatoms. The third-order valence-electron chi connectivity index (χ3n) is 6.16. The molecule has 0 radical (unpaired) electrons. The van der Waals surface area contributed by atoms with Crippen molar-refractivity contribution in [1.82, 2.24) is 9.55 Å². The van der Waals surface area contributed by atoms with Crippen molar-refractivity contribution in [3.63, 3.8) is 0 Å². The summed E-state index contributed by atoms with van der Waals surface area (Å²) >= 11 is 0. The lowest BCUT2D eigenvalue weighted by Gasteiger charge is -2.32. The van der Waals surface area contributed by atoms with Crippen molar-refractivity contribution >= 4 is 28.6 Å². The molecule has 1 saturated carbocycles. The van der Waals surface area contributed by atoms with E-state index in [2.05, 4.69) is 9.88 Å². The molecule has 6 nitrogen and oxygen atoms in total. The zero-order chi connectivity index (χ0) is 18.9. The lowest BCUT2D eigenvalue weighted by atomic mass is 9.71. The number of nitrogens with zero attached hydrogens (tertiary/aromatic N) is 2. The van der Waals surface area contributed by atoms with Crippen molar-refractivity contribution in [2.75, 3.05) is 5.32 Å². The molecule has 1 amide bonds. The maximum absolute atomic E-state index is 12.6. The van der Waals surface area contributed by atoms with E-state index < -0.39 is 11.4 Å². The minimum absolute atomic E-state index is 0.0417. The van der Waals surface area contributed by atoms with Gasteiger partial charge in [-0.3, -0.25) is 9.59 Å². The number of hydrogen-bond acceptors (Lipinski definition) is 3. The monoisotopic (exact) mass is 369 g/mol. The smallest absolute Gasteiger partial charge is 0.310 e. The lowest BCUT2D eigenvalue weighted by Crippen LogP contribution is -2.37. The van der Waals surface area contributed by atoms with E-state index in [9.17, 15) is 14.7 Å². The molecule has 1 fully saturated rings. The number of aromatic nitrogens is 2. The van der Waals surface area contributed by atoms with Crippen LogP contribution >= 0.6 is 0 Å². The van der Waals surface area contributed by atoms with E-state index in [0.717, 1.165) is 49.1 Å². The molecule has 0 bridgehead atoms. The zero-order valence-corrected chi connectivity index (χ0v) is 15.7. The van der Waals surface area contributed by atoms with Gasteiger partial charge in [0.25, 0.3) is 0 Å². The van der Waals surface area contributed by atoms with Gasteiger partial charge in [-0.1, -0.05) is 25.7 Å². The molecule has 0 atom stereocenters. The molecule has 2 aliphatic rings. The van der Waals surface area contributed by atoms with Crippen LogP contribution in [0.5, 0.6) is 0 Å². The number of benzene rings is 1. The fourth-order valence-corrected chi connectivity index (χ4v) is 4.63. The number of carboxylic acid groups (broad SMARTS) is 1. The van der Waals surface area contributed by atoms with Crippen molar-refractivity contribution in [1.29, 1.82) is 0 Å². The van der Waals surface area contributed by atoms with Crippen LogP contribution in [0.2, 0.25) is 0 Å². The molecule has 2 heterocycles. The average molecular weight is 369 g/mol. The first-order valence-electron chi connectivity index (χ1n) is 10.1.